The maximum Gasteiger partial charge on any atom is 0.415 e. The van der Waals surface area contributed by atoms with E-state index in [4.69, 9.17) is 9.47 Å². The van der Waals surface area contributed by atoms with Crippen molar-refractivity contribution in [2.24, 2.45) is 0 Å². The highest BCUT2D eigenvalue weighted by atomic mass is 16.6. The van der Waals surface area contributed by atoms with E-state index in [2.05, 4.69) is 5.32 Å². The standard InChI is InChI=1S/C15H14N2O5/c1-11-4-2-3-5-14(11)22-15(18)16-10-21-13-8-6-12(7-9-13)17(19)20/h2-9H,10H2,1H3,(H,16,18). The smallest absolute Gasteiger partial charge is 0.415 e. The van der Waals surface area contributed by atoms with Crippen LogP contribution in [-0.2, 0) is 0 Å². The molecule has 7 heteroatoms. The molecular weight excluding hydrogens is 288 g/mol. The zero-order chi connectivity index (χ0) is 15.9. The summed E-state index contributed by atoms with van der Waals surface area (Å²) in [6.45, 7) is 1.72. The second-order valence-electron chi connectivity index (χ2n) is 4.37. The van der Waals surface area contributed by atoms with Crippen molar-refractivity contribution in [3.05, 3.63) is 64.2 Å². The number of para-hydroxylation sites is 1. The SMILES string of the molecule is Cc1ccccc1OC(=O)NCOc1ccc([N+](=O)[O-])cc1. The molecule has 2 rings (SSSR count). The van der Waals surface area contributed by atoms with Crippen molar-refractivity contribution in [3.8, 4) is 11.5 Å². The van der Waals surface area contributed by atoms with Crippen molar-refractivity contribution in [3.63, 3.8) is 0 Å². The maximum atomic E-state index is 11.6. The lowest BCUT2D eigenvalue weighted by molar-refractivity contribution is -0.384. The predicted molar refractivity (Wildman–Crippen MR) is 78.9 cm³/mol. The summed E-state index contributed by atoms with van der Waals surface area (Å²) in [5.74, 6) is 0.872. The van der Waals surface area contributed by atoms with Crippen LogP contribution in [0.3, 0.4) is 0 Å². The van der Waals surface area contributed by atoms with Gasteiger partial charge in [0.2, 0.25) is 0 Å². The average molecular weight is 302 g/mol. The van der Waals surface area contributed by atoms with Gasteiger partial charge in [0.25, 0.3) is 5.69 Å². The molecule has 0 radical (unpaired) electrons. The van der Waals surface area contributed by atoms with Crippen LogP contribution in [-0.4, -0.2) is 17.7 Å². The minimum Gasteiger partial charge on any atom is -0.473 e. The number of nitrogens with one attached hydrogen (secondary N) is 1. The first-order chi connectivity index (χ1) is 10.6. The third-order valence-electron chi connectivity index (χ3n) is 2.80. The number of amides is 1. The third-order valence-corrected chi connectivity index (χ3v) is 2.80. The van der Waals surface area contributed by atoms with Crippen LogP contribution in [0.15, 0.2) is 48.5 Å². The number of carbonyl (C=O) groups is 1. The summed E-state index contributed by atoms with van der Waals surface area (Å²) >= 11 is 0. The topological polar surface area (TPSA) is 90.7 Å². The molecule has 0 atom stereocenters. The Morgan fingerprint density at radius 3 is 2.50 bits per heavy atom. The van der Waals surface area contributed by atoms with Gasteiger partial charge in [0.15, 0.2) is 6.73 Å². The number of nitro groups is 1. The van der Waals surface area contributed by atoms with E-state index in [1.165, 1.54) is 24.3 Å². The molecule has 2 aromatic rings. The summed E-state index contributed by atoms with van der Waals surface area (Å²) < 4.78 is 10.4. The van der Waals surface area contributed by atoms with E-state index < -0.39 is 11.0 Å². The van der Waals surface area contributed by atoms with Gasteiger partial charge in [-0.1, -0.05) is 18.2 Å². The summed E-state index contributed by atoms with van der Waals surface area (Å²) in [6, 6.07) is 12.7. The largest absolute Gasteiger partial charge is 0.473 e. The maximum absolute atomic E-state index is 11.6. The van der Waals surface area contributed by atoms with Crippen molar-refractivity contribution < 1.29 is 19.2 Å². The molecule has 1 N–H and O–H groups in total. The van der Waals surface area contributed by atoms with Crippen LogP contribution in [0.4, 0.5) is 10.5 Å². The third kappa shape index (κ3) is 4.20. The number of carbonyl (C=O) groups excluding carboxylic acids is 1. The van der Waals surface area contributed by atoms with Gasteiger partial charge < -0.3 is 9.47 Å². The normalized spacial score (nSPS) is 9.86. The predicted octanol–water partition coefficient (Wildman–Crippen LogP) is 3.03. The van der Waals surface area contributed by atoms with E-state index in [9.17, 15) is 14.9 Å². The Hall–Kier alpha value is -3.09. The highest BCUT2D eigenvalue weighted by Crippen LogP contribution is 2.17. The summed E-state index contributed by atoms with van der Waals surface area (Å²) in [6.07, 6.45) is -0.642. The number of nitro benzene ring substituents is 1. The molecule has 0 unspecified atom stereocenters. The highest BCUT2D eigenvalue weighted by molar-refractivity contribution is 5.70. The van der Waals surface area contributed by atoms with Crippen LogP contribution < -0.4 is 14.8 Å². The zero-order valence-electron chi connectivity index (χ0n) is 11.8. The van der Waals surface area contributed by atoms with Crippen molar-refractivity contribution in [1.82, 2.24) is 5.32 Å². The molecule has 0 aromatic heterocycles. The van der Waals surface area contributed by atoms with Gasteiger partial charge in [0.1, 0.15) is 11.5 Å². The number of benzene rings is 2. The Morgan fingerprint density at radius 1 is 1.18 bits per heavy atom. The number of nitrogens with zero attached hydrogens (tertiary/aromatic N) is 1. The van der Waals surface area contributed by atoms with Gasteiger partial charge in [0.05, 0.1) is 4.92 Å². The minimum atomic E-state index is -0.642. The van der Waals surface area contributed by atoms with Crippen LogP contribution in [0.25, 0.3) is 0 Å². The highest BCUT2D eigenvalue weighted by Gasteiger charge is 2.07. The van der Waals surface area contributed by atoms with Crippen LogP contribution in [0, 0.1) is 17.0 Å². The van der Waals surface area contributed by atoms with E-state index >= 15 is 0 Å². The van der Waals surface area contributed by atoms with Crippen molar-refractivity contribution in [2.45, 2.75) is 6.92 Å². The molecule has 0 heterocycles. The van der Waals surface area contributed by atoms with Gasteiger partial charge in [-0.25, -0.2) is 4.79 Å². The molecule has 0 spiro atoms. The molecule has 0 bridgehead atoms. The summed E-state index contributed by atoms with van der Waals surface area (Å²) in [4.78, 5) is 21.6. The fourth-order valence-corrected chi connectivity index (χ4v) is 1.65. The molecule has 0 aliphatic carbocycles. The molecule has 0 saturated carbocycles. The molecule has 2 aromatic carbocycles. The molecule has 0 aliphatic rings. The second kappa shape index (κ2) is 7.07. The van der Waals surface area contributed by atoms with Crippen LogP contribution in [0.2, 0.25) is 0 Å². The first-order valence-corrected chi connectivity index (χ1v) is 6.45. The molecule has 22 heavy (non-hydrogen) atoms. The summed E-state index contributed by atoms with van der Waals surface area (Å²) in [5, 5.41) is 12.9. The van der Waals surface area contributed by atoms with Crippen LogP contribution >= 0.6 is 0 Å². The number of non-ortho nitro benzene ring substituents is 1. The Morgan fingerprint density at radius 2 is 1.86 bits per heavy atom. The van der Waals surface area contributed by atoms with Gasteiger partial charge in [-0.05, 0) is 30.7 Å². The van der Waals surface area contributed by atoms with E-state index in [1.807, 2.05) is 19.1 Å². The molecule has 1 amide bonds. The molecular formula is C15H14N2O5. The number of ether oxygens (including phenoxy) is 2. The molecule has 0 saturated heterocycles. The monoisotopic (exact) mass is 302 g/mol. The number of hydrogen-bond donors (Lipinski definition) is 1. The van der Waals surface area contributed by atoms with Gasteiger partial charge in [-0.3, -0.25) is 15.4 Å². The van der Waals surface area contributed by atoms with Crippen molar-refractivity contribution in [1.29, 1.82) is 0 Å². The van der Waals surface area contributed by atoms with E-state index in [-0.39, 0.29) is 12.4 Å². The second-order valence-corrected chi connectivity index (χ2v) is 4.37. The van der Waals surface area contributed by atoms with E-state index in [1.54, 1.807) is 12.1 Å². The Labute approximate surface area is 126 Å². The molecule has 0 fully saturated rings. The van der Waals surface area contributed by atoms with Crippen LogP contribution in [0.5, 0.6) is 11.5 Å². The first-order valence-electron chi connectivity index (χ1n) is 6.45. The number of aryl methyl sites for hydroxylation is 1. The minimum absolute atomic E-state index is 0.0285. The van der Waals surface area contributed by atoms with Crippen LogP contribution in [0.1, 0.15) is 5.56 Å². The lowest BCUT2D eigenvalue weighted by atomic mass is 10.2. The lowest BCUT2D eigenvalue weighted by Gasteiger charge is -2.09. The average Bonchev–Trinajstić information content (AvgIpc) is 2.50. The fourth-order valence-electron chi connectivity index (χ4n) is 1.65. The summed E-state index contributed by atoms with van der Waals surface area (Å²) in [5.41, 5.74) is 0.813. The Kier molecular flexibility index (Phi) is 4.92. The number of hydrogen-bond acceptors (Lipinski definition) is 5. The number of rotatable bonds is 5. The molecule has 114 valence electrons. The zero-order valence-corrected chi connectivity index (χ0v) is 11.8. The van der Waals surface area contributed by atoms with Gasteiger partial charge in [-0.2, -0.15) is 0 Å². The van der Waals surface area contributed by atoms with Gasteiger partial charge >= 0.3 is 6.09 Å². The quantitative estimate of drug-likeness (QED) is 0.521. The molecule has 7 nitrogen and oxygen atoms in total. The van der Waals surface area contributed by atoms with E-state index in [0.29, 0.717) is 11.5 Å². The lowest BCUT2D eigenvalue weighted by Crippen LogP contribution is -2.30. The molecule has 0 aliphatic heterocycles. The summed E-state index contributed by atoms with van der Waals surface area (Å²) in [7, 11) is 0. The van der Waals surface area contributed by atoms with Crippen molar-refractivity contribution >= 4 is 11.8 Å². The Balaban J connectivity index is 1.79. The fraction of sp³-hybridized carbons (Fsp3) is 0.133. The Bertz CT molecular complexity index is 670. The van der Waals surface area contributed by atoms with Gasteiger partial charge in [0, 0.05) is 12.1 Å². The first kappa shape index (κ1) is 15.3. The van der Waals surface area contributed by atoms with E-state index in [0.717, 1.165) is 5.56 Å². The van der Waals surface area contributed by atoms with Gasteiger partial charge in [-0.15, -0.1) is 0 Å². The van der Waals surface area contributed by atoms with Crippen molar-refractivity contribution in [2.75, 3.05) is 6.73 Å².